The Morgan fingerprint density at radius 1 is 1.32 bits per heavy atom. The van der Waals surface area contributed by atoms with Gasteiger partial charge in [-0.1, -0.05) is 18.6 Å². The summed E-state index contributed by atoms with van der Waals surface area (Å²) in [4.78, 5) is 0. The molecular weight excluding hydrogens is 254 g/mol. The second kappa shape index (κ2) is 4.85. The average Bonchev–Trinajstić information content (AvgIpc) is 2.37. The average molecular weight is 273 g/mol. The number of fused-ring (bicyclic) bond motifs is 2. The van der Waals surface area contributed by atoms with Crippen LogP contribution in [0, 0.1) is 18.3 Å². The molecule has 2 saturated heterocycles. The molecule has 0 saturated carbocycles. The van der Waals surface area contributed by atoms with Crippen LogP contribution in [0.25, 0.3) is 0 Å². The first-order valence-electron chi connectivity index (χ1n) is 7.00. The molecule has 2 atom stereocenters. The fourth-order valence-corrected chi connectivity index (χ4v) is 5.39. The van der Waals surface area contributed by atoms with Crippen LogP contribution in [0.3, 0.4) is 0 Å². The summed E-state index contributed by atoms with van der Waals surface area (Å²) in [5, 5.41) is 21.5. The number of aliphatic hydroxyl groups is 1. The quantitative estimate of drug-likeness (QED) is 0.851. The standard InChI is InChI=1S/C16H19NOS/c1-11-5-6-15(12(7-11)10-17)16(18)8-13-3-2-4-14(9-16)19-13/h5-7,13-14,18H,2-4,8-9H2,1H3. The molecule has 100 valence electrons. The first-order valence-corrected chi connectivity index (χ1v) is 7.94. The Morgan fingerprint density at radius 2 is 2.00 bits per heavy atom. The Labute approximate surface area is 118 Å². The lowest BCUT2D eigenvalue weighted by molar-refractivity contribution is 0.00788. The summed E-state index contributed by atoms with van der Waals surface area (Å²) in [6.07, 6.45) is 5.30. The van der Waals surface area contributed by atoms with E-state index in [0.717, 1.165) is 24.0 Å². The molecule has 2 bridgehead atoms. The molecule has 0 aromatic heterocycles. The topological polar surface area (TPSA) is 44.0 Å². The van der Waals surface area contributed by atoms with Crippen LogP contribution in [-0.2, 0) is 5.60 Å². The summed E-state index contributed by atoms with van der Waals surface area (Å²) in [7, 11) is 0. The van der Waals surface area contributed by atoms with Gasteiger partial charge in [-0.2, -0.15) is 17.0 Å². The normalized spacial score (nSPS) is 33.7. The smallest absolute Gasteiger partial charge is 0.0995 e. The predicted octanol–water partition coefficient (Wildman–Crippen LogP) is 3.50. The highest BCUT2D eigenvalue weighted by molar-refractivity contribution is 8.00. The van der Waals surface area contributed by atoms with Gasteiger partial charge in [-0.05, 0) is 44.2 Å². The summed E-state index contributed by atoms with van der Waals surface area (Å²) < 4.78 is 0. The van der Waals surface area contributed by atoms with Crippen molar-refractivity contribution in [2.45, 2.75) is 55.1 Å². The van der Waals surface area contributed by atoms with Crippen molar-refractivity contribution in [2.75, 3.05) is 0 Å². The minimum absolute atomic E-state index is 0.561. The van der Waals surface area contributed by atoms with Gasteiger partial charge >= 0.3 is 0 Å². The van der Waals surface area contributed by atoms with E-state index in [1.807, 2.05) is 36.9 Å². The number of nitriles is 1. The van der Waals surface area contributed by atoms with Crippen LogP contribution in [0.15, 0.2) is 18.2 Å². The summed E-state index contributed by atoms with van der Waals surface area (Å²) in [6.45, 7) is 1.99. The molecule has 1 N–H and O–H groups in total. The Bertz CT molecular complexity index is 522. The van der Waals surface area contributed by atoms with Gasteiger partial charge in [0, 0.05) is 16.1 Å². The fourth-order valence-electron chi connectivity index (χ4n) is 3.49. The minimum Gasteiger partial charge on any atom is -0.385 e. The van der Waals surface area contributed by atoms with Crippen LogP contribution in [0.1, 0.15) is 48.8 Å². The number of nitrogens with zero attached hydrogens (tertiary/aromatic N) is 1. The van der Waals surface area contributed by atoms with E-state index in [1.54, 1.807) is 0 Å². The van der Waals surface area contributed by atoms with Gasteiger partial charge in [0.1, 0.15) is 0 Å². The molecule has 2 fully saturated rings. The van der Waals surface area contributed by atoms with E-state index in [9.17, 15) is 10.4 Å². The molecule has 1 aromatic carbocycles. The third kappa shape index (κ3) is 2.40. The lowest BCUT2D eigenvalue weighted by Gasteiger charge is -2.44. The first-order chi connectivity index (χ1) is 9.10. The van der Waals surface area contributed by atoms with Gasteiger partial charge in [-0.3, -0.25) is 0 Å². The summed E-state index contributed by atoms with van der Waals surface area (Å²) >= 11 is 2.04. The lowest BCUT2D eigenvalue weighted by Crippen LogP contribution is -2.41. The molecule has 2 heterocycles. The number of thioether (sulfide) groups is 1. The highest BCUT2D eigenvalue weighted by atomic mass is 32.2. The van der Waals surface area contributed by atoms with E-state index in [1.165, 1.54) is 19.3 Å². The van der Waals surface area contributed by atoms with Crippen LogP contribution in [-0.4, -0.2) is 15.6 Å². The molecule has 0 spiro atoms. The Morgan fingerprint density at radius 3 is 2.63 bits per heavy atom. The predicted molar refractivity (Wildman–Crippen MR) is 78.0 cm³/mol. The van der Waals surface area contributed by atoms with Gasteiger partial charge in [-0.15, -0.1) is 0 Å². The third-order valence-corrected chi connectivity index (χ3v) is 5.94. The van der Waals surface area contributed by atoms with Crippen LogP contribution >= 0.6 is 11.8 Å². The number of hydrogen-bond acceptors (Lipinski definition) is 3. The van der Waals surface area contributed by atoms with Crippen molar-refractivity contribution in [1.82, 2.24) is 0 Å². The van der Waals surface area contributed by atoms with Crippen LogP contribution in [0.2, 0.25) is 0 Å². The molecule has 0 aliphatic carbocycles. The fraction of sp³-hybridized carbons (Fsp3) is 0.562. The van der Waals surface area contributed by atoms with E-state index in [2.05, 4.69) is 6.07 Å². The zero-order chi connectivity index (χ0) is 13.5. The summed E-state index contributed by atoms with van der Waals surface area (Å²) in [6, 6.07) is 8.12. The van der Waals surface area contributed by atoms with Crippen molar-refractivity contribution in [3.8, 4) is 6.07 Å². The van der Waals surface area contributed by atoms with E-state index < -0.39 is 5.60 Å². The zero-order valence-electron chi connectivity index (χ0n) is 11.2. The molecular formula is C16H19NOS. The summed E-state index contributed by atoms with van der Waals surface area (Å²) in [5.41, 5.74) is 1.78. The molecule has 2 aliphatic rings. The van der Waals surface area contributed by atoms with Crippen LogP contribution < -0.4 is 0 Å². The number of rotatable bonds is 1. The lowest BCUT2D eigenvalue weighted by atomic mass is 9.78. The molecule has 2 nitrogen and oxygen atoms in total. The molecule has 2 aliphatic heterocycles. The molecule has 2 unspecified atom stereocenters. The van der Waals surface area contributed by atoms with E-state index >= 15 is 0 Å². The van der Waals surface area contributed by atoms with E-state index in [-0.39, 0.29) is 0 Å². The van der Waals surface area contributed by atoms with Crippen LogP contribution in [0.4, 0.5) is 0 Å². The SMILES string of the molecule is Cc1ccc(C2(O)CC3CCCC(C2)S3)c(C#N)c1. The second-order valence-electron chi connectivity index (χ2n) is 5.91. The van der Waals surface area contributed by atoms with Gasteiger partial charge in [0.2, 0.25) is 0 Å². The molecule has 1 aromatic rings. The molecule has 3 rings (SSSR count). The monoisotopic (exact) mass is 273 g/mol. The van der Waals surface area contributed by atoms with Crippen molar-refractivity contribution in [1.29, 1.82) is 5.26 Å². The van der Waals surface area contributed by atoms with E-state index in [4.69, 9.17) is 0 Å². The number of aryl methyl sites for hydroxylation is 1. The molecule has 3 heteroatoms. The Hall–Kier alpha value is -0.980. The highest BCUT2D eigenvalue weighted by Gasteiger charge is 2.43. The number of benzene rings is 1. The highest BCUT2D eigenvalue weighted by Crippen LogP contribution is 2.50. The van der Waals surface area contributed by atoms with Gasteiger partial charge in [0.15, 0.2) is 0 Å². The maximum atomic E-state index is 11.1. The molecule has 0 radical (unpaired) electrons. The zero-order valence-corrected chi connectivity index (χ0v) is 12.0. The van der Waals surface area contributed by atoms with Gasteiger partial charge in [0.05, 0.1) is 17.2 Å². The summed E-state index contributed by atoms with van der Waals surface area (Å²) in [5.74, 6) is 0. The van der Waals surface area contributed by atoms with Crippen molar-refractivity contribution in [2.24, 2.45) is 0 Å². The first kappa shape index (κ1) is 13.0. The van der Waals surface area contributed by atoms with Crippen molar-refractivity contribution in [3.05, 3.63) is 34.9 Å². The molecule has 0 amide bonds. The molecule has 19 heavy (non-hydrogen) atoms. The van der Waals surface area contributed by atoms with Crippen molar-refractivity contribution >= 4 is 11.8 Å². The van der Waals surface area contributed by atoms with Crippen molar-refractivity contribution in [3.63, 3.8) is 0 Å². The second-order valence-corrected chi connectivity index (χ2v) is 7.52. The largest absolute Gasteiger partial charge is 0.385 e. The minimum atomic E-state index is -0.792. The van der Waals surface area contributed by atoms with Gasteiger partial charge < -0.3 is 5.11 Å². The maximum absolute atomic E-state index is 11.1. The van der Waals surface area contributed by atoms with E-state index in [0.29, 0.717) is 16.1 Å². The van der Waals surface area contributed by atoms with Crippen LogP contribution in [0.5, 0.6) is 0 Å². The Kier molecular flexibility index (Phi) is 3.32. The third-order valence-electron chi connectivity index (χ3n) is 4.36. The number of hydrogen-bond donors (Lipinski definition) is 1. The van der Waals surface area contributed by atoms with Gasteiger partial charge in [0.25, 0.3) is 0 Å². The van der Waals surface area contributed by atoms with Crippen molar-refractivity contribution < 1.29 is 5.11 Å². The maximum Gasteiger partial charge on any atom is 0.0995 e. The van der Waals surface area contributed by atoms with Gasteiger partial charge in [-0.25, -0.2) is 0 Å². The Balaban J connectivity index is 1.99.